The molecule has 0 fully saturated rings. The van der Waals surface area contributed by atoms with Crippen molar-refractivity contribution in [1.82, 2.24) is 0 Å². The molecular formula is C15H12F5NO2. The van der Waals surface area contributed by atoms with Crippen molar-refractivity contribution < 1.29 is 31.4 Å². The predicted octanol–water partition coefficient (Wildman–Crippen LogP) is 4.48. The minimum atomic E-state index is -4.96. The van der Waals surface area contributed by atoms with Gasteiger partial charge >= 0.3 is 6.36 Å². The first-order valence-electron chi connectivity index (χ1n) is 6.42. The Kier molecular flexibility index (Phi) is 4.92. The van der Waals surface area contributed by atoms with E-state index in [2.05, 4.69) is 4.74 Å². The van der Waals surface area contributed by atoms with E-state index in [-0.39, 0.29) is 0 Å². The second-order valence-corrected chi connectivity index (χ2v) is 4.50. The molecule has 3 nitrogen and oxygen atoms in total. The van der Waals surface area contributed by atoms with Crippen LogP contribution in [0, 0.1) is 0 Å². The Morgan fingerprint density at radius 2 is 1.70 bits per heavy atom. The summed E-state index contributed by atoms with van der Waals surface area (Å²) in [7, 11) is 0. The minimum Gasteiger partial charge on any atom is -0.484 e. The molecule has 0 atom stereocenters. The van der Waals surface area contributed by atoms with Crippen LogP contribution < -0.4 is 15.2 Å². The monoisotopic (exact) mass is 333 g/mol. The fourth-order valence-corrected chi connectivity index (χ4v) is 1.91. The van der Waals surface area contributed by atoms with E-state index < -0.39 is 30.9 Å². The maximum Gasteiger partial charge on any atom is 0.573 e. The minimum absolute atomic E-state index is 0.386. The van der Waals surface area contributed by atoms with Gasteiger partial charge in [0.05, 0.1) is 0 Å². The molecule has 0 heterocycles. The molecule has 2 aromatic rings. The smallest absolute Gasteiger partial charge is 0.484 e. The van der Waals surface area contributed by atoms with E-state index in [9.17, 15) is 22.0 Å². The van der Waals surface area contributed by atoms with Gasteiger partial charge < -0.3 is 15.2 Å². The van der Waals surface area contributed by atoms with E-state index in [1.807, 2.05) is 0 Å². The number of rotatable bonds is 5. The molecular weight excluding hydrogens is 321 g/mol. The van der Waals surface area contributed by atoms with Gasteiger partial charge in [0.15, 0.2) is 11.5 Å². The summed E-state index contributed by atoms with van der Waals surface area (Å²) in [6.45, 7) is -1.05. The summed E-state index contributed by atoms with van der Waals surface area (Å²) >= 11 is 0. The zero-order valence-corrected chi connectivity index (χ0v) is 11.6. The van der Waals surface area contributed by atoms with Gasteiger partial charge in [-0.05, 0) is 23.8 Å². The molecule has 0 aliphatic carbocycles. The molecule has 0 spiro atoms. The molecule has 124 valence electrons. The van der Waals surface area contributed by atoms with Gasteiger partial charge in [0.1, 0.15) is 6.61 Å². The highest BCUT2D eigenvalue weighted by Crippen LogP contribution is 2.37. The van der Waals surface area contributed by atoms with Crippen LogP contribution in [0.15, 0.2) is 42.5 Å². The van der Waals surface area contributed by atoms with Crippen LogP contribution in [0.2, 0.25) is 0 Å². The van der Waals surface area contributed by atoms with Gasteiger partial charge in [0.25, 0.3) is 6.43 Å². The molecule has 0 aromatic heterocycles. The van der Waals surface area contributed by atoms with Gasteiger partial charge in [0, 0.05) is 11.3 Å². The second-order valence-electron chi connectivity index (χ2n) is 4.50. The lowest BCUT2D eigenvalue weighted by Gasteiger charge is -2.15. The summed E-state index contributed by atoms with van der Waals surface area (Å²) in [6.07, 6.45) is -7.80. The summed E-state index contributed by atoms with van der Waals surface area (Å²) in [6, 6.07) is 10.1. The number of ether oxygens (including phenoxy) is 2. The SMILES string of the molecule is Nc1ccccc1-c1ccc(OC(F)(F)F)c(OCC(F)F)c1. The quantitative estimate of drug-likeness (QED) is 0.648. The molecule has 0 saturated heterocycles. The third-order valence-electron chi connectivity index (χ3n) is 2.81. The molecule has 0 saturated carbocycles. The summed E-state index contributed by atoms with van der Waals surface area (Å²) in [4.78, 5) is 0. The molecule has 0 unspecified atom stereocenters. The summed E-state index contributed by atoms with van der Waals surface area (Å²) in [5.74, 6) is -1.14. The van der Waals surface area contributed by atoms with Gasteiger partial charge in [-0.15, -0.1) is 13.2 Å². The van der Waals surface area contributed by atoms with Crippen LogP contribution in [0.25, 0.3) is 11.1 Å². The Morgan fingerprint density at radius 3 is 2.30 bits per heavy atom. The number of benzene rings is 2. The molecule has 23 heavy (non-hydrogen) atoms. The van der Waals surface area contributed by atoms with E-state index >= 15 is 0 Å². The van der Waals surface area contributed by atoms with Gasteiger partial charge in [-0.25, -0.2) is 8.78 Å². The van der Waals surface area contributed by atoms with Crippen molar-refractivity contribution in [3.05, 3.63) is 42.5 Å². The van der Waals surface area contributed by atoms with Crippen LogP contribution in [0.4, 0.5) is 27.6 Å². The molecule has 0 aliphatic rings. The van der Waals surface area contributed by atoms with Crippen molar-refractivity contribution >= 4 is 5.69 Å². The Balaban J connectivity index is 2.40. The fraction of sp³-hybridized carbons (Fsp3) is 0.200. The highest BCUT2D eigenvalue weighted by atomic mass is 19.4. The highest BCUT2D eigenvalue weighted by molar-refractivity contribution is 5.77. The van der Waals surface area contributed by atoms with Crippen LogP contribution in [0.3, 0.4) is 0 Å². The number of hydrogen-bond acceptors (Lipinski definition) is 3. The third-order valence-corrected chi connectivity index (χ3v) is 2.81. The van der Waals surface area contributed by atoms with Crippen molar-refractivity contribution in [1.29, 1.82) is 0 Å². The Hall–Kier alpha value is -2.51. The Bertz CT molecular complexity index is 673. The number of anilines is 1. The zero-order valence-electron chi connectivity index (χ0n) is 11.6. The number of alkyl halides is 5. The lowest BCUT2D eigenvalue weighted by Crippen LogP contribution is -2.18. The Morgan fingerprint density at radius 1 is 1.00 bits per heavy atom. The predicted molar refractivity (Wildman–Crippen MR) is 74.5 cm³/mol. The van der Waals surface area contributed by atoms with Crippen LogP contribution in [0.1, 0.15) is 0 Å². The lowest BCUT2D eigenvalue weighted by molar-refractivity contribution is -0.275. The standard InChI is InChI=1S/C15H12F5NO2/c16-14(17)8-22-13-7-9(10-3-1-2-4-11(10)21)5-6-12(13)23-15(18,19)20/h1-7,14H,8,21H2. The van der Waals surface area contributed by atoms with Gasteiger partial charge in [0.2, 0.25) is 0 Å². The molecule has 0 aliphatic heterocycles. The number of halogens is 5. The number of hydrogen-bond donors (Lipinski definition) is 1. The number of nitrogens with two attached hydrogens (primary N) is 1. The van der Waals surface area contributed by atoms with E-state index in [0.717, 1.165) is 6.07 Å². The maximum absolute atomic E-state index is 12.4. The molecule has 8 heteroatoms. The molecule has 0 amide bonds. The summed E-state index contributed by atoms with van der Waals surface area (Å²) in [5.41, 5.74) is 7.13. The van der Waals surface area contributed by atoms with Crippen LogP contribution in [-0.4, -0.2) is 19.4 Å². The zero-order chi connectivity index (χ0) is 17.0. The van der Waals surface area contributed by atoms with Crippen molar-refractivity contribution in [3.8, 4) is 22.6 Å². The second kappa shape index (κ2) is 6.72. The van der Waals surface area contributed by atoms with Crippen molar-refractivity contribution in [2.75, 3.05) is 12.3 Å². The average Bonchev–Trinajstić information content (AvgIpc) is 2.45. The number of para-hydroxylation sites is 1. The van der Waals surface area contributed by atoms with Crippen molar-refractivity contribution in [3.63, 3.8) is 0 Å². The average molecular weight is 333 g/mol. The first kappa shape index (κ1) is 16.9. The first-order chi connectivity index (χ1) is 10.8. The van der Waals surface area contributed by atoms with Crippen LogP contribution in [-0.2, 0) is 0 Å². The summed E-state index contributed by atoms with van der Waals surface area (Å²) < 4.78 is 70.1. The van der Waals surface area contributed by atoms with Gasteiger partial charge in [-0.1, -0.05) is 24.3 Å². The molecule has 2 N–H and O–H groups in total. The maximum atomic E-state index is 12.4. The molecule has 0 bridgehead atoms. The van der Waals surface area contributed by atoms with E-state index in [4.69, 9.17) is 10.5 Å². The van der Waals surface area contributed by atoms with Crippen molar-refractivity contribution in [2.45, 2.75) is 12.8 Å². The Labute approximate surface area is 128 Å². The largest absolute Gasteiger partial charge is 0.573 e. The highest BCUT2D eigenvalue weighted by Gasteiger charge is 2.32. The lowest BCUT2D eigenvalue weighted by atomic mass is 10.0. The van der Waals surface area contributed by atoms with Gasteiger partial charge in [-0.3, -0.25) is 0 Å². The molecule has 2 rings (SSSR count). The van der Waals surface area contributed by atoms with Crippen LogP contribution in [0.5, 0.6) is 11.5 Å². The molecule has 0 radical (unpaired) electrons. The fourth-order valence-electron chi connectivity index (χ4n) is 1.91. The number of nitrogen functional groups attached to an aromatic ring is 1. The first-order valence-corrected chi connectivity index (χ1v) is 6.42. The normalized spacial score (nSPS) is 11.6. The third kappa shape index (κ3) is 4.73. The van der Waals surface area contributed by atoms with E-state index in [1.165, 1.54) is 12.1 Å². The topological polar surface area (TPSA) is 44.5 Å². The van der Waals surface area contributed by atoms with Gasteiger partial charge in [-0.2, -0.15) is 0 Å². The molecule has 2 aromatic carbocycles. The van der Waals surface area contributed by atoms with E-state index in [1.54, 1.807) is 24.3 Å². The van der Waals surface area contributed by atoms with E-state index in [0.29, 0.717) is 16.8 Å². The van der Waals surface area contributed by atoms with Crippen LogP contribution >= 0.6 is 0 Å². The summed E-state index contributed by atoms with van der Waals surface area (Å²) in [5, 5.41) is 0. The van der Waals surface area contributed by atoms with Crippen molar-refractivity contribution in [2.24, 2.45) is 0 Å².